The molecule has 0 atom stereocenters. The van der Waals surface area contributed by atoms with E-state index in [-0.39, 0.29) is 27.3 Å². The van der Waals surface area contributed by atoms with Crippen molar-refractivity contribution >= 4 is 33.3 Å². The Morgan fingerprint density at radius 3 is 1.67 bits per heavy atom. The Hall–Kier alpha value is 0.392. The Kier molecular flexibility index (Phi) is 17.1. The van der Waals surface area contributed by atoms with Crippen LogP contribution in [0.5, 0.6) is 0 Å². The fraction of sp³-hybridized carbons (Fsp3) is 0.917. The van der Waals surface area contributed by atoms with Crippen LogP contribution in [0.4, 0.5) is 0 Å². The topological polar surface area (TPSA) is 37.3 Å². The first-order valence-corrected chi connectivity index (χ1v) is 5.99. The summed E-state index contributed by atoms with van der Waals surface area (Å²) < 4.78 is 0. The zero-order valence-electron chi connectivity index (χ0n) is 9.93. The maximum absolute atomic E-state index is 10.2. The normalized spacial score (nSPS) is 9.67. The van der Waals surface area contributed by atoms with Gasteiger partial charge in [-0.3, -0.25) is 4.79 Å². The third-order valence-corrected chi connectivity index (χ3v) is 2.49. The van der Waals surface area contributed by atoms with Crippen molar-refractivity contribution in [3.63, 3.8) is 0 Å². The monoisotopic (exact) mass is 408 g/mol. The molecule has 3 heteroatoms. The van der Waals surface area contributed by atoms with Gasteiger partial charge in [0.25, 0.3) is 0 Å². The number of unbranched alkanes of at least 4 members (excludes halogenated alkanes) is 8. The van der Waals surface area contributed by atoms with Crippen LogP contribution < -0.4 is 0 Å². The second-order valence-electron chi connectivity index (χ2n) is 3.97. The van der Waals surface area contributed by atoms with Gasteiger partial charge in [-0.1, -0.05) is 58.3 Å². The van der Waals surface area contributed by atoms with E-state index in [1.807, 2.05) is 0 Å². The number of hydrogen-bond donors (Lipinski definition) is 1. The molecule has 2 nitrogen and oxygen atoms in total. The first-order valence-electron chi connectivity index (χ1n) is 5.99. The minimum Gasteiger partial charge on any atom is -0.481 e. The Balaban J connectivity index is 0. The standard InChI is InChI=1S/C12H24O2.Pb/c1-2-3-4-5-6-7-8-9-10-11-12(13)14;/h2-11H2,1H3,(H,13,14);. The van der Waals surface area contributed by atoms with Gasteiger partial charge >= 0.3 is 5.97 Å². The first kappa shape index (κ1) is 17.8. The van der Waals surface area contributed by atoms with Crippen LogP contribution in [0.3, 0.4) is 0 Å². The molecule has 0 aliphatic carbocycles. The first-order chi connectivity index (χ1) is 6.77. The van der Waals surface area contributed by atoms with Gasteiger partial charge in [0.1, 0.15) is 0 Å². The summed E-state index contributed by atoms with van der Waals surface area (Å²) in [5.41, 5.74) is 0. The zero-order valence-corrected chi connectivity index (χ0v) is 13.8. The molecule has 0 saturated carbocycles. The summed E-state index contributed by atoms with van der Waals surface area (Å²) in [4.78, 5) is 10.2. The van der Waals surface area contributed by atoms with Crippen LogP contribution in [0.15, 0.2) is 0 Å². The minimum absolute atomic E-state index is 0. The van der Waals surface area contributed by atoms with E-state index in [9.17, 15) is 4.79 Å². The van der Waals surface area contributed by atoms with Crippen LogP contribution in [0.25, 0.3) is 0 Å². The molecule has 4 radical (unpaired) electrons. The van der Waals surface area contributed by atoms with E-state index in [0.29, 0.717) is 6.42 Å². The number of hydrogen-bond acceptors (Lipinski definition) is 1. The van der Waals surface area contributed by atoms with Crippen LogP contribution in [0, 0.1) is 0 Å². The van der Waals surface area contributed by atoms with Crippen molar-refractivity contribution in [1.82, 2.24) is 0 Å². The van der Waals surface area contributed by atoms with Gasteiger partial charge in [-0.15, -0.1) is 0 Å². The molecule has 0 aliphatic rings. The summed E-state index contributed by atoms with van der Waals surface area (Å²) >= 11 is 0. The van der Waals surface area contributed by atoms with Crippen molar-refractivity contribution in [2.45, 2.75) is 71.1 Å². The molecule has 0 saturated heterocycles. The van der Waals surface area contributed by atoms with Crippen molar-refractivity contribution in [3.05, 3.63) is 0 Å². The van der Waals surface area contributed by atoms with E-state index in [1.165, 1.54) is 44.9 Å². The average molecular weight is 408 g/mol. The Bertz CT molecular complexity index is 138. The van der Waals surface area contributed by atoms with Crippen LogP contribution in [0.1, 0.15) is 71.1 Å². The Labute approximate surface area is 114 Å². The predicted molar refractivity (Wildman–Crippen MR) is 65.2 cm³/mol. The summed E-state index contributed by atoms with van der Waals surface area (Å²) in [5, 5.41) is 8.41. The molecule has 0 aromatic rings. The zero-order chi connectivity index (χ0) is 10.6. The number of aliphatic carboxylic acids is 1. The smallest absolute Gasteiger partial charge is 0.303 e. The maximum Gasteiger partial charge on any atom is 0.303 e. The maximum atomic E-state index is 10.2. The number of carboxylic acid groups (broad SMARTS) is 1. The van der Waals surface area contributed by atoms with Gasteiger partial charge < -0.3 is 5.11 Å². The van der Waals surface area contributed by atoms with E-state index < -0.39 is 5.97 Å². The van der Waals surface area contributed by atoms with Crippen molar-refractivity contribution in [2.75, 3.05) is 0 Å². The van der Waals surface area contributed by atoms with Crippen molar-refractivity contribution in [2.24, 2.45) is 0 Å². The second-order valence-corrected chi connectivity index (χ2v) is 3.97. The van der Waals surface area contributed by atoms with Gasteiger partial charge in [0.05, 0.1) is 0 Å². The summed E-state index contributed by atoms with van der Waals surface area (Å²) in [7, 11) is 0. The fourth-order valence-electron chi connectivity index (χ4n) is 1.59. The van der Waals surface area contributed by atoms with E-state index in [1.54, 1.807) is 0 Å². The van der Waals surface area contributed by atoms with Gasteiger partial charge in [-0.25, -0.2) is 0 Å². The molecule has 0 spiro atoms. The van der Waals surface area contributed by atoms with Crippen molar-refractivity contribution < 1.29 is 9.90 Å². The molecule has 0 heterocycles. The molecule has 0 aromatic carbocycles. The fourth-order valence-corrected chi connectivity index (χ4v) is 1.59. The number of carbonyl (C=O) groups is 1. The van der Waals surface area contributed by atoms with E-state index >= 15 is 0 Å². The van der Waals surface area contributed by atoms with Gasteiger partial charge in [-0.05, 0) is 6.42 Å². The Morgan fingerprint density at radius 1 is 0.867 bits per heavy atom. The Morgan fingerprint density at radius 2 is 1.27 bits per heavy atom. The van der Waals surface area contributed by atoms with Crippen LogP contribution in [-0.4, -0.2) is 38.4 Å². The third kappa shape index (κ3) is 17.0. The second kappa shape index (κ2) is 14.4. The van der Waals surface area contributed by atoms with Crippen molar-refractivity contribution in [3.8, 4) is 0 Å². The molecule has 0 fully saturated rings. The molecule has 0 aromatic heterocycles. The SMILES string of the molecule is CCCCCCCCCCCC(=O)O.[Pb]. The molecule has 1 N–H and O–H groups in total. The molecule has 0 bridgehead atoms. The molecule has 0 amide bonds. The van der Waals surface area contributed by atoms with Gasteiger partial charge in [0.15, 0.2) is 0 Å². The van der Waals surface area contributed by atoms with E-state index in [4.69, 9.17) is 5.11 Å². The van der Waals surface area contributed by atoms with E-state index in [2.05, 4.69) is 6.92 Å². The summed E-state index contributed by atoms with van der Waals surface area (Å²) in [6.07, 6.45) is 11.5. The largest absolute Gasteiger partial charge is 0.481 e. The summed E-state index contributed by atoms with van der Waals surface area (Å²) in [6, 6.07) is 0. The van der Waals surface area contributed by atoms with Crippen LogP contribution in [-0.2, 0) is 4.79 Å². The molecule has 0 aliphatic heterocycles. The number of rotatable bonds is 10. The van der Waals surface area contributed by atoms with Crippen molar-refractivity contribution in [1.29, 1.82) is 0 Å². The summed E-state index contributed by atoms with van der Waals surface area (Å²) in [5.74, 6) is -0.659. The molecule has 88 valence electrons. The third-order valence-electron chi connectivity index (χ3n) is 2.49. The van der Waals surface area contributed by atoms with Gasteiger partial charge in [-0.2, -0.15) is 0 Å². The molecular formula is C12H24O2Pb. The molecule has 0 unspecified atom stereocenters. The van der Waals surface area contributed by atoms with E-state index in [0.717, 1.165) is 12.8 Å². The molecular weight excluding hydrogens is 383 g/mol. The predicted octanol–water partition coefficient (Wildman–Crippen LogP) is 3.61. The van der Waals surface area contributed by atoms with Crippen LogP contribution >= 0.6 is 0 Å². The quantitative estimate of drug-likeness (QED) is 0.444. The molecule has 15 heavy (non-hydrogen) atoms. The summed E-state index contributed by atoms with van der Waals surface area (Å²) in [6.45, 7) is 2.23. The minimum atomic E-state index is -0.659. The van der Waals surface area contributed by atoms with Gasteiger partial charge in [0.2, 0.25) is 0 Å². The average Bonchev–Trinajstić information content (AvgIpc) is 2.15. The molecule has 0 rings (SSSR count). The van der Waals surface area contributed by atoms with Crippen LogP contribution in [0.2, 0.25) is 0 Å². The van der Waals surface area contributed by atoms with Gasteiger partial charge in [0, 0.05) is 33.7 Å². The number of carboxylic acids is 1.